The third-order valence-electron chi connectivity index (χ3n) is 2.82. The third-order valence-corrected chi connectivity index (χ3v) is 2.82. The van der Waals surface area contributed by atoms with E-state index in [-0.39, 0.29) is 0 Å². The van der Waals surface area contributed by atoms with Gasteiger partial charge in [0.1, 0.15) is 0 Å². The Hall–Kier alpha value is -1.76. The molecule has 17 heavy (non-hydrogen) atoms. The van der Waals surface area contributed by atoms with E-state index >= 15 is 0 Å². The molecule has 1 atom stereocenters. The lowest BCUT2D eigenvalue weighted by Crippen LogP contribution is -2.06. The van der Waals surface area contributed by atoms with Gasteiger partial charge in [-0.15, -0.1) is 10.2 Å². The SMILES string of the molecule is Cc1nn(C)c(C)c1C(O)Cc1nnn(C)n1. The summed E-state index contributed by atoms with van der Waals surface area (Å²) in [6, 6.07) is 0. The first kappa shape index (κ1) is 11.7. The molecule has 7 nitrogen and oxygen atoms in total. The van der Waals surface area contributed by atoms with E-state index < -0.39 is 6.10 Å². The Bertz CT molecular complexity index is 529. The van der Waals surface area contributed by atoms with Crippen LogP contribution in [0.2, 0.25) is 0 Å². The van der Waals surface area contributed by atoms with Crippen LogP contribution in [0.5, 0.6) is 0 Å². The van der Waals surface area contributed by atoms with Gasteiger partial charge in [-0.3, -0.25) is 4.68 Å². The van der Waals surface area contributed by atoms with E-state index in [4.69, 9.17) is 0 Å². The number of aliphatic hydroxyl groups excluding tert-OH is 1. The maximum absolute atomic E-state index is 10.2. The molecule has 0 aliphatic rings. The lowest BCUT2D eigenvalue weighted by atomic mass is 10.0. The van der Waals surface area contributed by atoms with Gasteiger partial charge < -0.3 is 5.11 Å². The first-order valence-electron chi connectivity index (χ1n) is 5.40. The molecule has 0 spiro atoms. The van der Waals surface area contributed by atoms with E-state index in [1.807, 2.05) is 20.9 Å². The van der Waals surface area contributed by atoms with Crippen molar-refractivity contribution in [3.8, 4) is 0 Å². The Morgan fingerprint density at radius 1 is 1.24 bits per heavy atom. The van der Waals surface area contributed by atoms with Gasteiger partial charge in [0, 0.05) is 24.7 Å². The van der Waals surface area contributed by atoms with Gasteiger partial charge in [-0.2, -0.15) is 9.90 Å². The molecule has 0 saturated carbocycles. The molecule has 7 heteroatoms. The van der Waals surface area contributed by atoms with Crippen molar-refractivity contribution >= 4 is 0 Å². The normalized spacial score (nSPS) is 13.0. The van der Waals surface area contributed by atoms with Gasteiger partial charge in [0.2, 0.25) is 0 Å². The van der Waals surface area contributed by atoms with Crippen LogP contribution in [-0.2, 0) is 20.5 Å². The summed E-state index contributed by atoms with van der Waals surface area (Å²) in [7, 11) is 3.56. The van der Waals surface area contributed by atoms with Gasteiger partial charge in [0.05, 0.1) is 18.8 Å². The second kappa shape index (κ2) is 4.25. The number of hydrogen-bond donors (Lipinski definition) is 1. The monoisotopic (exact) mass is 236 g/mol. The summed E-state index contributed by atoms with van der Waals surface area (Å²) in [6.07, 6.45) is -0.297. The highest BCUT2D eigenvalue weighted by atomic mass is 16.3. The van der Waals surface area contributed by atoms with Gasteiger partial charge in [-0.05, 0) is 19.1 Å². The lowest BCUT2D eigenvalue weighted by molar-refractivity contribution is 0.174. The standard InChI is InChI=1S/C10H16N6O/c1-6-10(7(2)15(3)12-6)8(17)5-9-11-14-16(4)13-9/h8,17H,5H2,1-4H3. The maximum atomic E-state index is 10.2. The van der Waals surface area contributed by atoms with Crippen molar-refractivity contribution in [3.63, 3.8) is 0 Å². The van der Waals surface area contributed by atoms with E-state index in [0.717, 1.165) is 17.0 Å². The van der Waals surface area contributed by atoms with Crippen molar-refractivity contribution in [1.29, 1.82) is 0 Å². The maximum Gasteiger partial charge on any atom is 0.177 e. The molecule has 2 aromatic heterocycles. The van der Waals surface area contributed by atoms with E-state index in [2.05, 4.69) is 20.5 Å². The van der Waals surface area contributed by atoms with E-state index in [0.29, 0.717) is 12.2 Å². The molecule has 0 aliphatic carbocycles. The number of aromatic nitrogens is 6. The molecule has 1 unspecified atom stereocenters. The summed E-state index contributed by atoms with van der Waals surface area (Å²) in [5, 5.41) is 26.1. The third kappa shape index (κ3) is 2.19. The molecule has 2 rings (SSSR count). The number of tetrazole rings is 1. The fraction of sp³-hybridized carbons (Fsp3) is 0.600. The Morgan fingerprint density at radius 3 is 2.41 bits per heavy atom. The smallest absolute Gasteiger partial charge is 0.177 e. The van der Waals surface area contributed by atoms with Crippen molar-refractivity contribution in [1.82, 2.24) is 30.0 Å². The van der Waals surface area contributed by atoms with E-state index in [9.17, 15) is 5.11 Å². The molecule has 2 heterocycles. The van der Waals surface area contributed by atoms with Crippen molar-refractivity contribution in [2.24, 2.45) is 14.1 Å². The van der Waals surface area contributed by atoms with Crippen LogP contribution in [-0.4, -0.2) is 35.1 Å². The fourth-order valence-electron chi connectivity index (χ4n) is 1.95. The molecule has 1 N–H and O–H groups in total. The first-order valence-corrected chi connectivity index (χ1v) is 5.40. The zero-order valence-electron chi connectivity index (χ0n) is 10.4. The molecule has 2 aromatic rings. The summed E-state index contributed by atoms with van der Waals surface area (Å²) < 4.78 is 1.76. The Morgan fingerprint density at radius 2 is 1.94 bits per heavy atom. The van der Waals surface area contributed by atoms with Gasteiger partial charge in [0.25, 0.3) is 0 Å². The van der Waals surface area contributed by atoms with Gasteiger partial charge >= 0.3 is 0 Å². The lowest BCUT2D eigenvalue weighted by Gasteiger charge is -2.08. The highest BCUT2D eigenvalue weighted by Crippen LogP contribution is 2.23. The van der Waals surface area contributed by atoms with Crippen LogP contribution in [0.3, 0.4) is 0 Å². The molecule has 0 amide bonds. The van der Waals surface area contributed by atoms with Crippen LogP contribution in [0.15, 0.2) is 0 Å². The Labute approximate surface area is 99.1 Å². The summed E-state index contributed by atoms with van der Waals surface area (Å²) in [6.45, 7) is 3.82. The molecule has 0 aliphatic heterocycles. The fourth-order valence-corrected chi connectivity index (χ4v) is 1.95. The van der Waals surface area contributed by atoms with Crippen LogP contribution in [0, 0.1) is 13.8 Å². The highest BCUT2D eigenvalue weighted by molar-refractivity contribution is 5.27. The number of rotatable bonds is 3. The van der Waals surface area contributed by atoms with Crippen LogP contribution < -0.4 is 0 Å². The molecule has 0 bridgehead atoms. The molecular formula is C10H16N6O. The Kier molecular flexibility index (Phi) is 2.93. The Balaban J connectivity index is 2.22. The average Bonchev–Trinajstić information content (AvgIpc) is 2.73. The number of aryl methyl sites for hydroxylation is 3. The molecule has 92 valence electrons. The minimum absolute atomic E-state index is 0.348. The average molecular weight is 236 g/mol. The zero-order valence-corrected chi connectivity index (χ0v) is 10.4. The summed E-state index contributed by atoms with van der Waals surface area (Å²) in [5.74, 6) is 0.530. The van der Waals surface area contributed by atoms with Gasteiger partial charge in [0.15, 0.2) is 5.82 Å². The van der Waals surface area contributed by atoms with Crippen molar-refractivity contribution in [2.75, 3.05) is 0 Å². The second-order valence-corrected chi connectivity index (χ2v) is 4.12. The quantitative estimate of drug-likeness (QED) is 0.800. The minimum atomic E-state index is -0.645. The first-order chi connectivity index (χ1) is 7.99. The van der Waals surface area contributed by atoms with E-state index in [1.165, 1.54) is 4.80 Å². The minimum Gasteiger partial charge on any atom is -0.388 e. The van der Waals surface area contributed by atoms with E-state index in [1.54, 1.807) is 11.7 Å². The number of hydrogen-bond acceptors (Lipinski definition) is 5. The number of nitrogens with zero attached hydrogens (tertiary/aromatic N) is 6. The molecule has 0 aromatic carbocycles. The summed E-state index contributed by atoms with van der Waals surface area (Å²) in [4.78, 5) is 1.38. The molecule has 0 fully saturated rings. The molecule has 0 radical (unpaired) electrons. The van der Waals surface area contributed by atoms with Crippen molar-refractivity contribution in [2.45, 2.75) is 26.4 Å². The van der Waals surface area contributed by atoms with Crippen molar-refractivity contribution in [3.05, 3.63) is 22.8 Å². The van der Waals surface area contributed by atoms with Crippen molar-refractivity contribution < 1.29 is 5.11 Å². The predicted octanol–water partition coefficient (Wildman–Crippen LogP) is -0.163. The predicted molar refractivity (Wildman–Crippen MR) is 60.1 cm³/mol. The second-order valence-electron chi connectivity index (χ2n) is 4.12. The zero-order chi connectivity index (χ0) is 12.6. The van der Waals surface area contributed by atoms with Crippen LogP contribution in [0.25, 0.3) is 0 Å². The molecule has 0 saturated heterocycles. The largest absolute Gasteiger partial charge is 0.388 e. The van der Waals surface area contributed by atoms with Gasteiger partial charge in [-0.1, -0.05) is 0 Å². The molecular weight excluding hydrogens is 220 g/mol. The van der Waals surface area contributed by atoms with Crippen LogP contribution in [0.4, 0.5) is 0 Å². The van der Waals surface area contributed by atoms with Crippen LogP contribution in [0.1, 0.15) is 28.9 Å². The van der Waals surface area contributed by atoms with Gasteiger partial charge in [-0.25, -0.2) is 0 Å². The summed E-state index contributed by atoms with van der Waals surface area (Å²) in [5.41, 5.74) is 2.64. The van der Waals surface area contributed by atoms with Crippen LogP contribution >= 0.6 is 0 Å². The topological polar surface area (TPSA) is 81.6 Å². The number of aliphatic hydroxyl groups is 1. The highest BCUT2D eigenvalue weighted by Gasteiger charge is 2.19. The summed E-state index contributed by atoms with van der Waals surface area (Å²) >= 11 is 0.